The first-order valence-corrected chi connectivity index (χ1v) is 4.99. The fraction of sp³-hybridized carbons (Fsp3) is 0.455. The smallest absolute Gasteiger partial charge is 0.237 e. The van der Waals surface area contributed by atoms with Gasteiger partial charge >= 0.3 is 0 Å². The summed E-state index contributed by atoms with van der Waals surface area (Å²) in [7, 11) is 1.57. The molecule has 5 nitrogen and oxygen atoms in total. The van der Waals surface area contributed by atoms with Crippen LogP contribution in [0.2, 0.25) is 0 Å². The molecule has 3 N–H and O–H groups in total. The van der Waals surface area contributed by atoms with Gasteiger partial charge in [0.1, 0.15) is 0 Å². The van der Waals surface area contributed by atoms with Crippen LogP contribution in [0.25, 0.3) is 0 Å². The third-order valence-electron chi connectivity index (χ3n) is 2.36. The molecule has 0 saturated carbocycles. The highest BCUT2D eigenvalue weighted by Crippen LogP contribution is 2.08. The van der Waals surface area contributed by atoms with E-state index in [1.807, 2.05) is 6.07 Å². The maximum absolute atomic E-state index is 11.1. The number of carbonyl (C=O) groups is 1. The number of ether oxygens (including phenoxy) is 1. The van der Waals surface area contributed by atoms with E-state index in [4.69, 9.17) is 10.5 Å². The van der Waals surface area contributed by atoms with Gasteiger partial charge in [-0.2, -0.15) is 0 Å². The Morgan fingerprint density at radius 3 is 2.69 bits per heavy atom. The van der Waals surface area contributed by atoms with E-state index in [0.717, 1.165) is 5.56 Å². The van der Waals surface area contributed by atoms with Gasteiger partial charge in [-0.25, -0.2) is 4.98 Å². The normalized spacial score (nSPS) is 11.2. The molecule has 0 radical (unpaired) electrons. The molecular formula is C11H17N3O2. The summed E-state index contributed by atoms with van der Waals surface area (Å²) >= 11 is 0. The number of nitrogens with one attached hydrogen (secondary N) is 1. The Labute approximate surface area is 95.0 Å². The number of carbonyl (C=O) groups excluding carboxylic acids is 1. The van der Waals surface area contributed by atoms with Gasteiger partial charge in [-0.1, -0.05) is 6.07 Å². The fourth-order valence-electron chi connectivity index (χ4n) is 1.05. The van der Waals surface area contributed by atoms with E-state index in [1.165, 1.54) is 0 Å². The number of rotatable bonds is 5. The van der Waals surface area contributed by atoms with E-state index in [0.29, 0.717) is 12.4 Å². The van der Waals surface area contributed by atoms with Crippen molar-refractivity contribution in [3.63, 3.8) is 0 Å². The van der Waals surface area contributed by atoms with Crippen molar-refractivity contribution >= 4 is 5.91 Å². The van der Waals surface area contributed by atoms with Crippen molar-refractivity contribution in [3.05, 3.63) is 23.9 Å². The molecule has 1 aromatic rings. The number of nitrogens with two attached hydrogens (primary N) is 1. The number of pyridine rings is 1. The summed E-state index contributed by atoms with van der Waals surface area (Å²) in [5.74, 6) is 0.187. The summed E-state index contributed by atoms with van der Waals surface area (Å²) in [6.45, 7) is 4.02. The molecule has 1 amide bonds. The van der Waals surface area contributed by atoms with Crippen LogP contribution in [-0.2, 0) is 11.3 Å². The summed E-state index contributed by atoms with van der Waals surface area (Å²) in [5.41, 5.74) is 5.49. The van der Waals surface area contributed by atoms with Gasteiger partial charge in [-0.15, -0.1) is 0 Å². The molecule has 0 fully saturated rings. The van der Waals surface area contributed by atoms with Crippen LogP contribution in [-0.4, -0.2) is 23.5 Å². The highest BCUT2D eigenvalue weighted by atomic mass is 16.5. The molecule has 0 aliphatic rings. The number of hydrogen-bond donors (Lipinski definition) is 2. The Kier molecular flexibility index (Phi) is 3.84. The molecule has 0 aliphatic carbocycles. The summed E-state index contributed by atoms with van der Waals surface area (Å²) in [4.78, 5) is 15.1. The van der Waals surface area contributed by atoms with Crippen molar-refractivity contribution in [1.82, 2.24) is 10.3 Å². The van der Waals surface area contributed by atoms with E-state index < -0.39 is 5.54 Å². The zero-order valence-corrected chi connectivity index (χ0v) is 9.78. The number of aromatic nitrogens is 1. The summed E-state index contributed by atoms with van der Waals surface area (Å²) in [5, 5.41) is 3.06. The van der Waals surface area contributed by atoms with E-state index >= 15 is 0 Å². The van der Waals surface area contributed by atoms with Crippen LogP contribution in [0.4, 0.5) is 0 Å². The van der Waals surface area contributed by atoms with Crippen LogP contribution in [0.15, 0.2) is 18.3 Å². The minimum absolute atomic E-state index is 0.381. The first kappa shape index (κ1) is 12.4. The zero-order chi connectivity index (χ0) is 12.2. The number of hydrogen-bond acceptors (Lipinski definition) is 4. The van der Waals surface area contributed by atoms with Crippen LogP contribution in [0.5, 0.6) is 5.88 Å². The molecule has 0 atom stereocenters. The number of nitrogens with zero attached hydrogens (tertiary/aromatic N) is 1. The van der Waals surface area contributed by atoms with Crippen molar-refractivity contribution in [3.8, 4) is 5.88 Å². The molecule has 5 heteroatoms. The van der Waals surface area contributed by atoms with Gasteiger partial charge in [-0.3, -0.25) is 10.1 Å². The molecule has 16 heavy (non-hydrogen) atoms. The lowest BCUT2D eigenvalue weighted by atomic mass is 10.0. The molecule has 0 aromatic carbocycles. The molecule has 0 spiro atoms. The SMILES string of the molecule is COc1ccc(CNC(C)(C)C(N)=O)cn1. The molecule has 0 saturated heterocycles. The average molecular weight is 223 g/mol. The molecule has 0 bridgehead atoms. The van der Waals surface area contributed by atoms with Crippen molar-refractivity contribution in [1.29, 1.82) is 0 Å². The highest BCUT2D eigenvalue weighted by Gasteiger charge is 2.23. The predicted molar refractivity (Wildman–Crippen MR) is 60.9 cm³/mol. The van der Waals surface area contributed by atoms with Gasteiger partial charge in [0.2, 0.25) is 11.8 Å². The Hall–Kier alpha value is -1.62. The monoisotopic (exact) mass is 223 g/mol. The lowest BCUT2D eigenvalue weighted by Crippen LogP contribution is -2.50. The van der Waals surface area contributed by atoms with E-state index in [-0.39, 0.29) is 5.91 Å². The maximum Gasteiger partial charge on any atom is 0.237 e. The van der Waals surface area contributed by atoms with Gasteiger partial charge in [0, 0.05) is 18.8 Å². The lowest BCUT2D eigenvalue weighted by Gasteiger charge is -2.22. The average Bonchev–Trinajstić information content (AvgIpc) is 2.27. The van der Waals surface area contributed by atoms with Gasteiger partial charge in [-0.05, 0) is 19.4 Å². The number of amides is 1. The summed E-state index contributed by atoms with van der Waals surface area (Å²) < 4.78 is 4.95. The second kappa shape index (κ2) is 4.94. The minimum Gasteiger partial charge on any atom is -0.481 e. The first-order chi connectivity index (χ1) is 7.45. The van der Waals surface area contributed by atoms with E-state index in [1.54, 1.807) is 33.2 Å². The van der Waals surface area contributed by atoms with Gasteiger partial charge in [0.05, 0.1) is 12.6 Å². The van der Waals surface area contributed by atoms with Crippen molar-refractivity contribution < 1.29 is 9.53 Å². The quantitative estimate of drug-likeness (QED) is 0.759. The minimum atomic E-state index is -0.722. The largest absolute Gasteiger partial charge is 0.481 e. The zero-order valence-electron chi connectivity index (χ0n) is 9.78. The molecule has 0 unspecified atom stereocenters. The predicted octanol–water partition coefficient (Wildman–Crippen LogP) is 0.444. The van der Waals surface area contributed by atoms with Crippen LogP contribution < -0.4 is 15.8 Å². The van der Waals surface area contributed by atoms with Crippen molar-refractivity contribution in [2.24, 2.45) is 5.73 Å². The summed E-state index contributed by atoms with van der Waals surface area (Å²) in [6.07, 6.45) is 1.70. The van der Waals surface area contributed by atoms with Gasteiger partial charge < -0.3 is 10.5 Å². The Morgan fingerprint density at radius 1 is 1.56 bits per heavy atom. The third-order valence-corrected chi connectivity index (χ3v) is 2.36. The molecule has 1 rings (SSSR count). The highest BCUT2D eigenvalue weighted by molar-refractivity contribution is 5.83. The standard InChI is InChI=1S/C11H17N3O2/c1-11(2,10(12)15)14-7-8-4-5-9(16-3)13-6-8/h4-6,14H,7H2,1-3H3,(H2,12,15). The fourth-order valence-corrected chi connectivity index (χ4v) is 1.05. The molecule has 1 aromatic heterocycles. The van der Waals surface area contributed by atoms with Crippen LogP contribution in [0.3, 0.4) is 0 Å². The Morgan fingerprint density at radius 2 is 2.25 bits per heavy atom. The Bertz CT molecular complexity index is 360. The lowest BCUT2D eigenvalue weighted by molar-refractivity contribution is -0.123. The van der Waals surface area contributed by atoms with E-state index in [2.05, 4.69) is 10.3 Å². The third kappa shape index (κ3) is 3.20. The topological polar surface area (TPSA) is 77.2 Å². The second-order valence-electron chi connectivity index (χ2n) is 4.05. The van der Waals surface area contributed by atoms with Crippen molar-refractivity contribution in [2.45, 2.75) is 25.9 Å². The van der Waals surface area contributed by atoms with Crippen LogP contribution >= 0.6 is 0 Å². The number of methoxy groups -OCH3 is 1. The molecule has 0 aliphatic heterocycles. The molecular weight excluding hydrogens is 206 g/mol. The molecule has 88 valence electrons. The number of primary amides is 1. The maximum atomic E-state index is 11.1. The first-order valence-electron chi connectivity index (χ1n) is 4.99. The van der Waals surface area contributed by atoms with Crippen molar-refractivity contribution in [2.75, 3.05) is 7.11 Å². The van der Waals surface area contributed by atoms with Gasteiger partial charge in [0.25, 0.3) is 0 Å². The second-order valence-corrected chi connectivity index (χ2v) is 4.05. The van der Waals surface area contributed by atoms with Gasteiger partial charge in [0.15, 0.2) is 0 Å². The summed E-state index contributed by atoms with van der Waals surface area (Å²) in [6, 6.07) is 3.66. The van der Waals surface area contributed by atoms with Crippen LogP contribution in [0, 0.1) is 0 Å². The molecule has 1 heterocycles. The van der Waals surface area contributed by atoms with Crippen LogP contribution in [0.1, 0.15) is 19.4 Å². The Balaban J connectivity index is 2.58. The van der Waals surface area contributed by atoms with E-state index in [9.17, 15) is 4.79 Å².